The van der Waals surface area contributed by atoms with Crippen molar-refractivity contribution in [3.8, 4) is 0 Å². The fraction of sp³-hybridized carbons (Fsp3) is 0.429. The summed E-state index contributed by atoms with van der Waals surface area (Å²) in [6.45, 7) is 2.57. The third-order valence-electron chi connectivity index (χ3n) is 2.59. The molecular formula is C14H19NO4. The molecular weight excluding hydrogens is 246 g/mol. The highest BCUT2D eigenvalue weighted by Gasteiger charge is 2.18. The van der Waals surface area contributed by atoms with Crippen LogP contribution in [-0.4, -0.2) is 30.2 Å². The molecule has 19 heavy (non-hydrogen) atoms. The van der Waals surface area contributed by atoms with Crippen LogP contribution in [0, 0.1) is 0 Å². The number of aliphatic carboxylic acids is 1. The van der Waals surface area contributed by atoms with E-state index in [4.69, 9.17) is 9.84 Å². The van der Waals surface area contributed by atoms with Gasteiger partial charge in [0.05, 0.1) is 6.61 Å². The number of carbonyl (C=O) groups is 2. The van der Waals surface area contributed by atoms with Crippen LogP contribution in [0.3, 0.4) is 0 Å². The lowest BCUT2D eigenvalue weighted by Crippen LogP contribution is -2.29. The fourth-order valence-corrected chi connectivity index (χ4v) is 1.71. The summed E-state index contributed by atoms with van der Waals surface area (Å²) in [5, 5.41) is 12.1. The van der Waals surface area contributed by atoms with E-state index in [0.29, 0.717) is 31.6 Å². The minimum Gasteiger partial charge on any atom is -0.480 e. The van der Waals surface area contributed by atoms with E-state index in [1.807, 2.05) is 6.07 Å². The average molecular weight is 265 g/mol. The van der Waals surface area contributed by atoms with Crippen LogP contribution < -0.4 is 5.32 Å². The second-order valence-corrected chi connectivity index (χ2v) is 4.04. The number of esters is 1. The number of nitrogens with one attached hydrogen (secondary N) is 1. The number of benzene rings is 1. The lowest BCUT2D eigenvalue weighted by Gasteiger charge is -2.14. The molecule has 1 rings (SSSR count). The van der Waals surface area contributed by atoms with Crippen LogP contribution in [0.25, 0.3) is 0 Å². The standard InChI is InChI=1S/C14H19NO4/c1-2-19-12(16)9-6-10-15-13(14(17)18)11-7-4-3-5-8-11/h3-5,7-8,13,15H,2,6,9-10H2,1H3,(H,17,18). The van der Waals surface area contributed by atoms with Crippen molar-refractivity contribution in [3.63, 3.8) is 0 Å². The number of carboxylic acids is 1. The highest BCUT2D eigenvalue weighted by molar-refractivity contribution is 5.75. The maximum atomic E-state index is 11.2. The molecule has 0 aliphatic rings. The van der Waals surface area contributed by atoms with Crippen molar-refractivity contribution in [1.82, 2.24) is 5.32 Å². The van der Waals surface area contributed by atoms with Crippen LogP contribution in [0.1, 0.15) is 31.4 Å². The van der Waals surface area contributed by atoms with Crippen molar-refractivity contribution in [1.29, 1.82) is 0 Å². The van der Waals surface area contributed by atoms with Crippen molar-refractivity contribution < 1.29 is 19.4 Å². The normalized spacial score (nSPS) is 11.8. The van der Waals surface area contributed by atoms with E-state index in [-0.39, 0.29) is 5.97 Å². The van der Waals surface area contributed by atoms with Crippen LogP contribution in [-0.2, 0) is 14.3 Å². The Morgan fingerprint density at radius 1 is 1.32 bits per heavy atom. The van der Waals surface area contributed by atoms with Gasteiger partial charge in [0.25, 0.3) is 0 Å². The average Bonchev–Trinajstić information content (AvgIpc) is 2.39. The van der Waals surface area contributed by atoms with Crippen molar-refractivity contribution >= 4 is 11.9 Å². The summed E-state index contributed by atoms with van der Waals surface area (Å²) in [5.41, 5.74) is 0.700. The Bertz CT molecular complexity index is 405. The van der Waals surface area contributed by atoms with E-state index < -0.39 is 12.0 Å². The molecule has 2 N–H and O–H groups in total. The summed E-state index contributed by atoms with van der Waals surface area (Å²) in [4.78, 5) is 22.3. The topological polar surface area (TPSA) is 75.6 Å². The molecule has 0 bridgehead atoms. The zero-order valence-corrected chi connectivity index (χ0v) is 11.0. The minimum atomic E-state index is -0.928. The molecule has 0 spiro atoms. The summed E-state index contributed by atoms with van der Waals surface area (Å²) in [6, 6.07) is 8.21. The van der Waals surface area contributed by atoms with Gasteiger partial charge in [-0.25, -0.2) is 0 Å². The highest BCUT2D eigenvalue weighted by Crippen LogP contribution is 2.12. The first kappa shape index (κ1) is 15.2. The molecule has 0 saturated heterocycles. The first-order chi connectivity index (χ1) is 9.15. The number of carbonyl (C=O) groups excluding carboxylic acids is 1. The molecule has 1 aromatic carbocycles. The van der Waals surface area contributed by atoms with Gasteiger partial charge in [-0.2, -0.15) is 0 Å². The molecule has 0 saturated carbocycles. The molecule has 0 radical (unpaired) electrons. The Morgan fingerprint density at radius 2 is 2.00 bits per heavy atom. The van der Waals surface area contributed by atoms with Crippen LogP contribution in [0.15, 0.2) is 30.3 Å². The van der Waals surface area contributed by atoms with Gasteiger partial charge < -0.3 is 15.2 Å². The Labute approximate surface area is 112 Å². The van der Waals surface area contributed by atoms with Crippen molar-refractivity contribution in [2.75, 3.05) is 13.2 Å². The van der Waals surface area contributed by atoms with Crippen LogP contribution in [0.2, 0.25) is 0 Å². The smallest absolute Gasteiger partial charge is 0.325 e. The Hall–Kier alpha value is -1.88. The van der Waals surface area contributed by atoms with Crippen LogP contribution >= 0.6 is 0 Å². The summed E-state index contributed by atoms with van der Waals surface area (Å²) >= 11 is 0. The number of hydrogen-bond donors (Lipinski definition) is 2. The zero-order chi connectivity index (χ0) is 14.1. The lowest BCUT2D eigenvalue weighted by molar-refractivity contribution is -0.143. The second kappa shape index (κ2) is 8.26. The maximum Gasteiger partial charge on any atom is 0.325 e. The number of carboxylic acid groups (broad SMARTS) is 1. The summed E-state index contributed by atoms with van der Waals surface area (Å²) in [6.07, 6.45) is 0.845. The van der Waals surface area contributed by atoms with Gasteiger partial charge >= 0.3 is 11.9 Å². The van der Waals surface area contributed by atoms with E-state index in [1.165, 1.54) is 0 Å². The summed E-state index contributed by atoms with van der Waals surface area (Å²) in [7, 11) is 0. The van der Waals surface area contributed by atoms with E-state index in [2.05, 4.69) is 5.32 Å². The predicted octanol–water partition coefficient (Wildman–Crippen LogP) is 1.75. The molecule has 1 atom stereocenters. The third kappa shape index (κ3) is 5.52. The molecule has 0 aliphatic heterocycles. The lowest BCUT2D eigenvalue weighted by atomic mass is 10.1. The van der Waals surface area contributed by atoms with Crippen LogP contribution in [0.5, 0.6) is 0 Å². The molecule has 5 nitrogen and oxygen atoms in total. The molecule has 0 fully saturated rings. The van der Waals surface area contributed by atoms with Crippen LogP contribution in [0.4, 0.5) is 0 Å². The van der Waals surface area contributed by atoms with E-state index in [1.54, 1.807) is 31.2 Å². The number of ether oxygens (including phenoxy) is 1. The highest BCUT2D eigenvalue weighted by atomic mass is 16.5. The van der Waals surface area contributed by atoms with Gasteiger partial charge in [-0.15, -0.1) is 0 Å². The number of hydrogen-bond acceptors (Lipinski definition) is 4. The van der Waals surface area contributed by atoms with Crippen molar-refractivity contribution in [2.45, 2.75) is 25.8 Å². The molecule has 0 aliphatic carbocycles. The predicted molar refractivity (Wildman–Crippen MR) is 70.7 cm³/mol. The molecule has 1 unspecified atom stereocenters. The van der Waals surface area contributed by atoms with Gasteiger partial charge in [0, 0.05) is 6.42 Å². The van der Waals surface area contributed by atoms with Crippen molar-refractivity contribution in [2.24, 2.45) is 0 Å². The molecule has 104 valence electrons. The van der Waals surface area contributed by atoms with Crippen molar-refractivity contribution in [3.05, 3.63) is 35.9 Å². The quantitative estimate of drug-likeness (QED) is 0.553. The Balaban J connectivity index is 2.40. The summed E-state index contributed by atoms with van der Waals surface area (Å²) < 4.78 is 4.80. The van der Waals surface area contributed by atoms with E-state index in [0.717, 1.165) is 0 Å². The monoisotopic (exact) mass is 265 g/mol. The third-order valence-corrected chi connectivity index (χ3v) is 2.59. The van der Waals surface area contributed by atoms with E-state index >= 15 is 0 Å². The molecule has 0 heterocycles. The van der Waals surface area contributed by atoms with Gasteiger partial charge in [-0.1, -0.05) is 30.3 Å². The zero-order valence-electron chi connectivity index (χ0n) is 11.0. The summed E-state index contributed by atoms with van der Waals surface area (Å²) in [5.74, 6) is -1.18. The van der Waals surface area contributed by atoms with Gasteiger partial charge in [0.15, 0.2) is 0 Å². The Morgan fingerprint density at radius 3 is 2.58 bits per heavy atom. The fourth-order valence-electron chi connectivity index (χ4n) is 1.71. The molecule has 0 amide bonds. The first-order valence-corrected chi connectivity index (χ1v) is 6.32. The van der Waals surface area contributed by atoms with E-state index in [9.17, 15) is 9.59 Å². The largest absolute Gasteiger partial charge is 0.480 e. The van der Waals surface area contributed by atoms with Gasteiger partial charge in [0.1, 0.15) is 6.04 Å². The Kier molecular flexibility index (Phi) is 6.60. The first-order valence-electron chi connectivity index (χ1n) is 6.32. The molecule has 0 aromatic heterocycles. The number of rotatable bonds is 8. The second-order valence-electron chi connectivity index (χ2n) is 4.04. The maximum absolute atomic E-state index is 11.2. The minimum absolute atomic E-state index is 0.254. The molecule has 5 heteroatoms. The molecule has 1 aromatic rings. The van der Waals surface area contributed by atoms with Gasteiger partial charge in [-0.3, -0.25) is 9.59 Å². The van der Waals surface area contributed by atoms with Gasteiger partial charge in [-0.05, 0) is 25.5 Å². The SMILES string of the molecule is CCOC(=O)CCCNC(C(=O)O)c1ccccc1. The van der Waals surface area contributed by atoms with Gasteiger partial charge in [0.2, 0.25) is 0 Å².